The van der Waals surface area contributed by atoms with Crippen LogP contribution in [0.15, 0.2) is 42.9 Å². The van der Waals surface area contributed by atoms with Gasteiger partial charge in [0.05, 0.1) is 6.20 Å². The van der Waals surface area contributed by atoms with E-state index in [4.69, 9.17) is 4.98 Å². The second kappa shape index (κ2) is 7.19. The minimum atomic E-state index is -0.295. The molecule has 154 valence electrons. The summed E-state index contributed by atoms with van der Waals surface area (Å²) in [6, 6.07) is 5.97. The van der Waals surface area contributed by atoms with Gasteiger partial charge in [-0.05, 0) is 49.4 Å². The summed E-state index contributed by atoms with van der Waals surface area (Å²) in [4.78, 5) is 30.5. The van der Waals surface area contributed by atoms with Crippen LogP contribution in [0.4, 0.5) is 15.9 Å². The molecule has 1 fully saturated rings. The summed E-state index contributed by atoms with van der Waals surface area (Å²) in [6.07, 6.45) is 8.28. The fourth-order valence-corrected chi connectivity index (χ4v) is 4.01. The molecule has 0 N–H and O–H groups in total. The van der Waals surface area contributed by atoms with Crippen LogP contribution in [-0.2, 0) is 4.79 Å². The number of amides is 1. The Morgan fingerprint density at radius 1 is 1.17 bits per heavy atom. The monoisotopic (exact) mass is 406 g/mol. The lowest BCUT2D eigenvalue weighted by Crippen LogP contribution is -2.53. The fraction of sp³-hybridized carbons (Fsp3) is 0.364. The summed E-state index contributed by atoms with van der Waals surface area (Å²) >= 11 is 0. The molecule has 30 heavy (non-hydrogen) atoms. The Balaban J connectivity index is 1.59. The van der Waals surface area contributed by atoms with Gasteiger partial charge in [0.2, 0.25) is 11.9 Å². The summed E-state index contributed by atoms with van der Waals surface area (Å²) in [5.41, 5.74) is 1.49. The van der Waals surface area contributed by atoms with Crippen LogP contribution in [-0.4, -0.2) is 45.1 Å². The van der Waals surface area contributed by atoms with Gasteiger partial charge < -0.3 is 9.80 Å². The van der Waals surface area contributed by atoms with Crippen LogP contribution in [0.1, 0.15) is 26.2 Å². The third kappa shape index (κ3) is 3.12. The third-order valence-electron chi connectivity index (χ3n) is 5.86. The molecule has 0 saturated heterocycles. The van der Waals surface area contributed by atoms with Crippen molar-refractivity contribution in [3.8, 4) is 17.3 Å². The molecule has 1 aliphatic carbocycles. The highest BCUT2D eigenvalue weighted by Gasteiger charge is 2.39. The third-order valence-corrected chi connectivity index (χ3v) is 5.86. The second-order valence-electron chi connectivity index (χ2n) is 7.92. The molecule has 2 aliphatic rings. The Labute approximate surface area is 174 Å². The van der Waals surface area contributed by atoms with Gasteiger partial charge in [-0.1, -0.05) is 6.92 Å². The van der Waals surface area contributed by atoms with Gasteiger partial charge >= 0.3 is 0 Å². The summed E-state index contributed by atoms with van der Waals surface area (Å²) < 4.78 is 15.1. The molecular formula is C22H23FN6O. The van der Waals surface area contributed by atoms with Crippen LogP contribution in [0.25, 0.3) is 17.3 Å². The van der Waals surface area contributed by atoms with E-state index in [2.05, 4.69) is 14.9 Å². The standard InChI is InChI=1S/C22H23FN6O/c1-3-17-21(30)27(2)18-12-25-22(26-20(18)29(17)13-14-4-5-14)28-11-10-24-19(28)15-6-8-16(23)9-7-15/h6-12,14,17H,3-5,13H2,1-2H3/t17-/m1/s1. The van der Waals surface area contributed by atoms with E-state index < -0.39 is 0 Å². The quantitative estimate of drug-likeness (QED) is 0.649. The number of rotatable bonds is 5. The topological polar surface area (TPSA) is 67.2 Å². The van der Waals surface area contributed by atoms with Gasteiger partial charge in [0, 0.05) is 31.5 Å². The Morgan fingerprint density at radius 2 is 1.93 bits per heavy atom. The molecule has 1 aliphatic heterocycles. The van der Waals surface area contributed by atoms with E-state index in [9.17, 15) is 9.18 Å². The molecule has 1 amide bonds. The SMILES string of the molecule is CC[C@@H]1C(=O)N(C)c2cnc(-n3ccnc3-c3ccc(F)cc3)nc2N1CC1CC1. The van der Waals surface area contributed by atoms with Crippen molar-refractivity contribution in [2.24, 2.45) is 5.92 Å². The van der Waals surface area contributed by atoms with Gasteiger partial charge in [0.25, 0.3) is 0 Å². The zero-order valence-electron chi connectivity index (χ0n) is 17.0. The largest absolute Gasteiger partial charge is 0.342 e. The highest BCUT2D eigenvalue weighted by molar-refractivity contribution is 6.04. The van der Waals surface area contributed by atoms with E-state index in [0.29, 0.717) is 17.7 Å². The first-order valence-electron chi connectivity index (χ1n) is 10.3. The van der Waals surface area contributed by atoms with E-state index in [1.54, 1.807) is 47.2 Å². The minimum Gasteiger partial charge on any atom is -0.342 e. The average Bonchev–Trinajstić information content (AvgIpc) is 3.45. The smallest absolute Gasteiger partial charge is 0.249 e. The van der Waals surface area contributed by atoms with E-state index in [0.717, 1.165) is 30.0 Å². The molecule has 1 aromatic carbocycles. The fourth-order valence-electron chi connectivity index (χ4n) is 4.01. The molecule has 3 heterocycles. The van der Waals surface area contributed by atoms with Crippen molar-refractivity contribution in [2.45, 2.75) is 32.2 Å². The molecule has 1 saturated carbocycles. The van der Waals surface area contributed by atoms with Crippen LogP contribution in [0.2, 0.25) is 0 Å². The van der Waals surface area contributed by atoms with Gasteiger partial charge in [-0.25, -0.2) is 14.4 Å². The Morgan fingerprint density at radius 3 is 2.63 bits per heavy atom. The lowest BCUT2D eigenvalue weighted by Gasteiger charge is -2.40. The number of likely N-dealkylation sites (N-methyl/N-ethyl adjacent to an activating group) is 1. The van der Waals surface area contributed by atoms with Crippen molar-refractivity contribution in [3.63, 3.8) is 0 Å². The number of nitrogens with zero attached hydrogens (tertiary/aromatic N) is 6. The maximum atomic E-state index is 13.3. The molecule has 7 nitrogen and oxygen atoms in total. The second-order valence-corrected chi connectivity index (χ2v) is 7.92. The maximum Gasteiger partial charge on any atom is 0.249 e. The maximum absolute atomic E-state index is 13.3. The predicted octanol–water partition coefficient (Wildman–Crippen LogP) is 3.44. The number of fused-ring (bicyclic) bond motifs is 1. The van der Waals surface area contributed by atoms with Crippen LogP contribution in [0.3, 0.4) is 0 Å². The average molecular weight is 406 g/mol. The zero-order valence-corrected chi connectivity index (χ0v) is 17.0. The number of benzene rings is 1. The van der Waals surface area contributed by atoms with E-state index in [1.165, 1.54) is 25.0 Å². The van der Waals surface area contributed by atoms with Gasteiger partial charge in [-0.2, -0.15) is 4.98 Å². The molecule has 0 unspecified atom stereocenters. The molecule has 0 spiro atoms. The number of aromatic nitrogens is 4. The van der Waals surface area contributed by atoms with Crippen LogP contribution < -0.4 is 9.80 Å². The molecule has 2 aromatic heterocycles. The van der Waals surface area contributed by atoms with E-state index >= 15 is 0 Å². The number of carbonyl (C=O) groups excluding carboxylic acids is 1. The number of imidazole rings is 1. The minimum absolute atomic E-state index is 0.0802. The van der Waals surface area contributed by atoms with Gasteiger partial charge in [-0.15, -0.1) is 0 Å². The first-order chi connectivity index (χ1) is 14.6. The lowest BCUT2D eigenvalue weighted by molar-refractivity contribution is -0.120. The normalized spacial score (nSPS) is 18.6. The number of halogens is 1. The molecular weight excluding hydrogens is 383 g/mol. The molecule has 0 bridgehead atoms. The lowest BCUT2D eigenvalue weighted by atomic mass is 10.1. The van der Waals surface area contributed by atoms with Gasteiger partial charge in [0.15, 0.2) is 5.82 Å². The summed E-state index contributed by atoms with van der Waals surface area (Å²) in [7, 11) is 1.78. The van der Waals surface area contributed by atoms with Crippen molar-refractivity contribution in [1.29, 1.82) is 0 Å². The Hall–Kier alpha value is -3.29. The molecule has 1 atom stereocenters. The highest BCUT2D eigenvalue weighted by Crippen LogP contribution is 2.39. The number of carbonyl (C=O) groups is 1. The van der Waals surface area contributed by atoms with Gasteiger partial charge in [0.1, 0.15) is 23.4 Å². The summed E-state index contributed by atoms with van der Waals surface area (Å²) in [5.74, 6) is 2.29. The van der Waals surface area contributed by atoms with Crippen LogP contribution >= 0.6 is 0 Å². The summed E-state index contributed by atoms with van der Waals surface area (Å²) in [5, 5.41) is 0. The molecule has 3 aromatic rings. The predicted molar refractivity (Wildman–Crippen MR) is 112 cm³/mol. The van der Waals surface area contributed by atoms with Gasteiger partial charge in [-0.3, -0.25) is 9.36 Å². The number of hydrogen-bond donors (Lipinski definition) is 0. The number of anilines is 2. The van der Waals surface area contributed by atoms with Crippen molar-refractivity contribution in [3.05, 3.63) is 48.7 Å². The van der Waals surface area contributed by atoms with Crippen LogP contribution in [0.5, 0.6) is 0 Å². The number of hydrogen-bond acceptors (Lipinski definition) is 5. The highest BCUT2D eigenvalue weighted by atomic mass is 19.1. The van der Waals surface area contributed by atoms with E-state index in [-0.39, 0.29) is 17.8 Å². The molecule has 0 radical (unpaired) electrons. The van der Waals surface area contributed by atoms with Crippen molar-refractivity contribution < 1.29 is 9.18 Å². The zero-order chi connectivity index (χ0) is 20.8. The first kappa shape index (κ1) is 18.7. The van der Waals surface area contributed by atoms with Crippen molar-refractivity contribution >= 4 is 17.4 Å². The Kier molecular flexibility index (Phi) is 4.49. The first-order valence-corrected chi connectivity index (χ1v) is 10.3. The molecule has 8 heteroatoms. The van der Waals surface area contributed by atoms with Crippen LogP contribution in [0, 0.1) is 11.7 Å². The molecule has 5 rings (SSSR count). The Bertz CT molecular complexity index is 1090. The van der Waals surface area contributed by atoms with Crippen molar-refractivity contribution in [1.82, 2.24) is 19.5 Å². The van der Waals surface area contributed by atoms with Crippen molar-refractivity contribution in [2.75, 3.05) is 23.4 Å². The van der Waals surface area contributed by atoms with E-state index in [1.807, 2.05) is 6.92 Å². The summed E-state index contributed by atoms with van der Waals surface area (Å²) in [6.45, 7) is 2.86.